The average molecular weight is 269 g/mol. The molecule has 0 radical (unpaired) electrons. The Labute approximate surface area is 112 Å². The number of halogens is 1. The van der Waals surface area contributed by atoms with E-state index in [0.29, 0.717) is 24.7 Å². The molecule has 1 aliphatic heterocycles. The van der Waals surface area contributed by atoms with E-state index >= 15 is 0 Å². The molecule has 0 unspecified atom stereocenters. The van der Waals surface area contributed by atoms with Crippen LogP contribution in [0.15, 0.2) is 6.07 Å². The zero-order valence-electron chi connectivity index (χ0n) is 10.6. The summed E-state index contributed by atoms with van der Waals surface area (Å²) in [5.74, 6) is 1.85. The second kappa shape index (κ2) is 5.52. The first-order valence-corrected chi connectivity index (χ1v) is 6.50. The number of hydrogen-bond acceptors (Lipinski definition) is 4. The maximum absolute atomic E-state index is 11.3. The molecule has 0 aromatic carbocycles. The van der Waals surface area contributed by atoms with Crippen LogP contribution in [-0.2, 0) is 4.79 Å². The van der Waals surface area contributed by atoms with Crippen LogP contribution in [0.4, 0.5) is 5.82 Å². The highest BCUT2D eigenvalue weighted by Gasteiger charge is 2.17. The summed E-state index contributed by atoms with van der Waals surface area (Å²) >= 11 is 6.02. The van der Waals surface area contributed by atoms with Crippen molar-refractivity contribution in [3.05, 3.63) is 17.0 Å². The van der Waals surface area contributed by atoms with Gasteiger partial charge in [-0.2, -0.15) is 0 Å². The van der Waals surface area contributed by atoms with Gasteiger partial charge in [-0.15, -0.1) is 0 Å². The maximum Gasteiger partial charge on any atom is 0.221 e. The van der Waals surface area contributed by atoms with Gasteiger partial charge >= 0.3 is 0 Å². The van der Waals surface area contributed by atoms with Gasteiger partial charge in [-0.1, -0.05) is 25.4 Å². The number of carbonyl (C=O) groups excluding carboxylic acids is 1. The van der Waals surface area contributed by atoms with Crippen LogP contribution in [0.3, 0.4) is 0 Å². The molecule has 5 nitrogen and oxygen atoms in total. The third-order valence-corrected chi connectivity index (χ3v) is 3.05. The molecule has 1 N–H and O–H groups in total. The zero-order chi connectivity index (χ0) is 13.1. The highest BCUT2D eigenvalue weighted by molar-refractivity contribution is 6.29. The molecule has 18 heavy (non-hydrogen) atoms. The normalized spacial score (nSPS) is 16.7. The Kier molecular flexibility index (Phi) is 4.01. The van der Waals surface area contributed by atoms with Gasteiger partial charge < -0.3 is 10.2 Å². The molecule has 1 saturated heterocycles. The number of anilines is 1. The van der Waals surface area contributed by atoms with E-state index in [4.69, 9.17) is 11.6 Å². The van der Waals surface area contributed by atoms with Gasteiger partial charge in [0, 0.05) is 38.0 Å². The molecule has 1 aromatic heterocycles. The molecule has 98 valence electrons. The fraction of sp³-hybridized carbons (Fsp3) is 0.583. The molecule has 1 aromatic rings. The van der Waals surface area contributed by atoms with Crippen molar-refractivity contribution < 1.29 is 4.79 Å². The fourth-order valence-corrected chi connectivity index (χ4v) is 2.02. The monoisotopic (exact) mass is 268 g/mol. The smallest absolute Gasteiger partial charge is 0.221 e. The Balaban J connectivity index is 2.23. The predicted molar refractivity (Wildman–Crippen MR) is 71.0 cm³/mol. The molecule has 0 aliphatic carbocycles. The van der Waals surface area contributed by atoms with E-state index in [1.165, 1.54) is 0 Å². The molecule has 0 spiro atoms. The van der Waals surface area contributed by atoms with Gasteiger partial charge in [0.25, 0.3) is 0 Å². The Hall–Kier alpha value is -1.36. The van der Waals surface area contributed by atoms with Gasteiger partial charge in [0.05, 0.1) is 0 Å². The maximum atomic E-state index is 11.3. The second-order valence-electron chi connectivity index (χ2n) is 4.65. The van der Waals surface area contributed by atoms with Crippen LogP contribution < -0.4 is 10.2 Å². The van der Waals surface area contributed by atoms with Gasteiger partial charge in [0.1, 0.15) is 16.8 Å². The Morgan fingerprint density at radius 1 is 1.39 bits per heavy atom. The highest BCUT2D eigenvalue weighted by atomic mass is 35.5. The van der Waals surface area contributed by atoms with E-state index in [2.05, 4.69) is 20.2 Å². The largest absolute Gasteiger partial charge is 0.354 e. The summed E-state index contributed by atoms with van der Waals surface area (Å²) in [7, 11) is 0. The minimum Gasteiger partial charge on any atom is -0.354 e. The topological polar surface area (TPSA) is 58.1 Å². The Morgan fingerprint density at radius 3 is 2.89 bits per heavy atom. The molecule has 1 amide bonds. The molecule has 1 aliphatic rings. The van der Waals surface area contributed by atoms with Gasteiger partial charge in [-0.05, 0) is 0 Å². The van der Waals surface area contributed by atoms with Crippen LogP contribution >= 0.6 is 11.6 Å². The van der Waals surface area contributed by atoms with Crippen molar-refractivity contribution in [1.29, 1.82) is 0 Å². The number of nitrogens with one attached hydrogen (secondary N) is 1. The lowest BCUT2D eigenvalue weighted by molar-refractivity contribution is -0.120. The van der Waals surface area contributed by atoms with Crippen molar-refractivity contribution in [1.82, 2.24) is 15.3 Å². The van der Waals surface area contributed by atoms with Crippen molar-refractivity contribution in [3.8, 4) is 0 Å². The minimum atomic E-state index is 0.0849. The third kappa shape index (κ3) is 3.10. The van der Waals surface area contributed by atoms with Crippen molar-refractivity contribution in [2.75, 3.05) is 24.5 Å². The number of nitrogens with zero attached hydrogens (tertiary/aromatic N) is 3. The van der Waals surface area contributed by atoms with Gasteiger partial charge in [-0.3, -0.25) is 4.79 Å². The van der Waals surface area contributed by atoms with Crippen LogP contribution in [0.1, 0.15) is 32.0 Å². The van der Waals surface area contributed by atoms with Crippen LogP contribution in [0.5, 0.6) is 0 Å². The van der Waals surface area contributed by atoms with Crippen molar-refractivity contribution >= 4 is 23.3 Å². The SMILES string of the molecule is CC(C)c1nc(Cl)cc(N2CCNC(=O)CC2)n1. The lowest BCUT2D eigenvalue weighted by Gasteiger charge is -2.21. The van der Waals surface area contributed by atoms with Crippen molar-refractivity contribution in [3.63, 3.8) is 0 Å². The summed E-state index contributed by atoms with van der Waals surface area (Å²) in [6.45, 7) is 6.11. The number of hydrogen-bond donors (Lipinski definition) is 1. The second-order valence-corrected chi connectivity index (χ2v) is 5.04. The summed E-state index contributed by atoms with van der Waals surface area (Å²) in [6.07, 6.45) is 0.485. The van der Waals surface area contributed by atoms with E-state index < -0.39 is 0 Å². The molecule has 6 heteroatoms. The lowest BCUT2D eigenvalue weighted by Crippen LogP contribution is -2.29. The summed E-state index contributed by atoms with van der Waals surface area (Å²) in [5.41, 5.74) is 0. The van der Waals surface area contributed by atoms with Crippen molar-refractivity contribution in [2.24, 2.45) is 0 Å². The first-order valence-electron chi connectivity index (χ1n) is 6.12. The Bertz CT molecular complexity index is 450. The fourth-order valence-electron chi connectivity index (χ4n) is 1.84. The lowest BCUT2D eigenvalue weighted by atomic mass is 10.2. The summed E-state index contributed by atoms with van der Waals surface area (Å²) in [5, 5.41) is 3.29. The van der Waals surface area contributed by atoms with Crippen LogP contribution in [0.2, 0.25) is 5.15 Å². The molecular formula is C12H17ClN4O. The van der Waals surface area contributed by atoms with Gasteiger partial charge in [-0.25, -0.2) is 9.97 Å². The van der Waals surface area contributed by atoms with Crippen LogP contribution in [0.25, 0.3) is 0 Å². The summed E-state index contributed by atoms with van der Waals surface area (Å²) in [4.78, 5) is 22.1. The number of amides is 1. The predicted octanol–water partition coefficient (Wildman–Crippen LogP) is 1.58. The molecule has 0 saturated carbocycles. The summed E-state index contributed by atoms with van der Waals surface area (Å²) < 4.78 is 0. The molecule has 2 rings (SSSR count). The molecular weight excluding hydrogens is 252 g/mol. The highest BCUT2D eigenvalue weighted by Crippen LogP contribution is 2.20. The molecule has 0 atom stereocenters. The third-order valence-electron chi connectivity index (χ3n) is 2.85. The standard InChI is InChI=1S/C12H17ClN4O/c1-8(2)12-15-9(13)7-10(16-12)17-5-3-11(18)14-4-6-17/h7-8H,3-6H2,1-2H3,(H,14,18). The number of carbonyl (C=O) groups is 1. The van der Waals surface area contributed by atoms with E-state index in [0.717, 1.165) is 18.2 Å². The van der Waals surface area contributed by atoms with Gasteiger partial charge in [0.15, 0.2) is 0 Å². The molecule has 2 heterocycles. The zero-order valence-corrected chi connectivity index (χ0v) is 11.4. The van der Waals surface area contributed by atoms with E-state index in [-0.39, 0.29) is 11.8 Å². The minimum absolute atomic E-state index is 0.0849. The van der Waals surface area contributed by atoms with Crippen LogP contribution in [-0.4, -0.2) is 35.5 Å². The van der Waals surface area contributed by atoms with E-state index in [1.807, 2.05) is 13.8 Å². The van der Waals surface area contributed by atoms with Gasteiger partial charge in [0.2, 0.25) is 5.91 Å². The number of rotatable bonds is 2. The Morgan fingerprint density at radius 2 is 2.17 bits per heavy atom. The van der Waals surface area contributed by atoms with E-state index in [9.17, 15) is 4.79 Å². The molecule has 0 bridgehead atoms. The van der Waals surface area contributed by atoms with E-state index in [1.54, 1.807) is 6.07 Å². The summed E-state index contributed by atoms with van der Waals surface area (Å²) in [6, 6.07) is 1.75. The number of aromatic nitrogens is 2. The first-order chi connectivity index (χ1) is 8.56. The average Bonchev–Trinajstić information content (AvgIpc) is 2.53. The quantitative estimate of drug-likeness (QED) is 0.828. The molecule has 1 fully saturated rings. The van der Waals surface area contributed by atoms with Crippen LogP contribution in [0, 0.1) is 0 Å². The first kappa shape index (κ1) is 13.1. The van der Waals surface area contributed by atoms with Crippen molar-refractivity contribution in [2.45, 2.75) is 26.2 Å².